The third kappa shape index (κ3) is 5.37. The Kier molecular flexibility index (Phi) is 7.33. The van der Waals surface area contributed by atoms with E-state index in [1.165, 1.54) is 12.1 Å². The molecule has 0 unspecified atom stereocenters. The van der Waals surface area contributed by atoms with Gasteiger partial charge in [0.15, 0.2) is 0 Å². The number of nitro groups is 1. The minimum atomic E-state index is -0.405. The Morgan fingerprint density at radius 3 is 2.14 bits per heavy atom. The van der Waals surface area contributed by atoms with E-state index in [-0.39, 0.29) is 11.6 Å². The summed E-state index contributed by atoms with van der Waals surface area (Å²) in [5, 5.41) is 11.0. The fraction of sp³-hybridized carbons (Fsp3) is 0.346. The summed E-state index contributed by atoms with van der Waals surface area (Å²) in [6.45, 7) is 6.14. The van der Waals surface area contributed by atoms with Crippen LogP contribution in [0.2, 0.25) is 0 Å². The fourth-order valence-electron chi connectivity index (χ4n) is 4.36. The van der Waals surface area contributed by atoms with Crippen molar-refractivity contribution in [3.63, 3.8) is 0 Å². The fourth-order valence-corrected chi connectivity index (χ4v) is 4.36. The van der Waals surface area contributed by atoms with E-state index in [1.807, 2.05) is 18.7 Å². The van der Waals surface area contributed by atoms with Gasteiger partial charge in [-0.3, -0.25) is 14.9 Å². The Hall–Kier alpha value is -4.21. The first-order valence-electron chi connectivity index (χ1n) is 11.6. The molecule has 1 aromatic heterocycles. The largest absolute Gasteiger partial charge is 0.497 e. The van der Waals surface area contributed by atoms with Crippen LogP contribution in [0.1, 0.15) is 33.0 Å². The highest BCUT2D eigenvalue weighted by Gasteiger charge is 2.26. The van der Waals surface area contributed by atoms with Crippen molar-refractivity contribution in [3.05, 3.63) is 80.8 Å². The lowest BCUT2D eigenvalue weighted by Crippen LogP contribution is -2.49. The molecule has 0 N–H and O–H groups in total. The summed E-state index contributed by atoms with van der Waals surface area (Å²) < 4.78 is 10.6. The lowest BCUT2D eigenvalue weighted by Gasteiger charge is -2.36. The van der Waals surface area contributed by atoms with E-state index in [0.717, 1.165) is 22.6 Å². The molecule has 0 spiro atoms. The second-order valence-corrected chi connectivity index (χ2v) is 8.64. The number of aryl methyl sites for hydroxylation is 2. The number of amides is 1. The number of piperazine rings is 1. The van der Waals surface area contributed by atoms with Crippen molar-refractivity contribution < 1.29 is 19.2 Å². The third-order valence-corrected chi connectivity index (χ3v) is 6.30. The molecule has 1 amide bonds. The van der Waals surface area contributed by atoms with Crippen molar-refractivity contribution in [2.75, 3.05) is 45.3 Å². The van der Waals surface area contributed by atoms with E-state index in [0.29, 0.717) is 55.5 Å². The molecular formula is C26H29N5O5. The van der Waals surface area contributed by atoms with Crippen molar-refractivity contribution >= 4 is 17.4 Å². The van der Waals surface area contributed by atoms with Gasteiger partial charge >= 0.3 is 0 Å². The molecule has 10 heteroatoms. The number of aromatic nitrogens is 2. The van der Waals surface area contributed by atoms with Gasteiger partial charge in [-0.2, -0.15) is 0 Å². The maximum Gasteiger partial charge on any atom is 0.269 e. The van der Waals surface area contributed by atoms with Crippen LogP contribution in [0.4, 0.5) is 11.5 Å². The zero-order valence-corrected chi connectivity index (χ0v) is 20.9. The number of nitrogens with zero attached hydrogens (tertiary/aromatic N) is 5. The van der Waals surface area contributed by atoms with Crippen LogP contribution in [0.3, 0.4) is 0 Å². The molecular weight excluding hydrogens is 462 g/mol. The standard InChI is InChI=1S/C26H29N5O5/c1-17-24(13-19-5-7-21(8-6-19)31(33)34)25(28-18(2)27-17)29-9-11-30(12-10-29)26(32)20-14-22(35-3)16-23(15-20)36-4/h5-8,14-16H,9-13H2,1-4H3. The van der Waals surface area contributed by atoms with Gasteiger partial charge in [0.1, 0.15) is 23.1 Å². The monoisotopic (exact) mass is 491 g/mol. The van der Waals surface area contributed by atoms with Crippen LogP contribution in [0, 0.1) is 24.0 Å². The summed E-state index contributed by atoms with van der Waals surface area (Å²) in [6, 6.07) is 11.7. The molecule has 36 heavy (non-hydrogen) atoms. The third-order valence-electron chi connectivity index (χ3n) is 6.30. The van der Waals surface area contributed by atoms with Gasteiger partial charge < -0.3 is 19.3 Å². The lowest BCUT2D eigenvalue weighted by molar-refractivity contribution is -0.384. The highest BCUT2D eigenvalue weighted by Crippen LogP contribution is 2.27. The van der Waals surface area contributed by atoms with Crippen LogP contribution in [0.15, 0.2) is 42.5 Å². The van der Waals surface area contributed by atoms with E-state index in [4.69, 9.17) is 14.5 Å². The van der Waals surface area contributed by atoms with Crippen molar-refractivity contribution in [3.8, 4) is 11.5 Å². The van der Waals surface area contributed by atoms with Crippen molar-refractivity contribution in [1.82, 2.24) is 14.9 Å². The van der Waals surface area contributed by atoms with Gasteiger partial charge in [-0.15, -0.1) is 0 Å². The van der Waals surface area contributed by atoms with Crippen molar-refractivity contribution in [2.24, 2.45) is 0 Å². The van der Waals surface area contributed by atoms with Gasteiger partial charge in [0.2, 0.25) is 0 Å². The minimum absolute atomic E-state index is 0.0605. The Labute approximate surface area is 209 Å². The number of carbonyl (C=O) groups is 1. The molecule has 4 rings (SSSR count). The zero-order chi connectivity index (χ0) is 25.8. The highest BCUT2D eigenvalue weighted by atomic mass is 16.6. The predicted molar refractivity (Wildman–Crippen MR) is 135 cm³/mol. The Morgan fingerprint density at radius 1 is 0.972 bits per heavy atom. The normalized spacial score (nSPS) is 13.4. The number of anilines is 1. The van der Waals surface area contributed by atoms with Crippen LogP contribution in [-0.2, 0) is 6.42 Å². The van der Waals surface area contributed by atoms with Crippen molar-refractivity contribution in [2.45, 2.75) is 20.3 Å². The number of rotatable bonds is 7. The Balaban J connectivity index is 1.52. The molecule has 1 aliphatic rings. The summed E-state index contributed by atoms with van der Waals surface area (Å²) in [7, 11) is 3.11. The smallest absolute Gasteiger partial charge is 0.269 e. The van der Waals surface area contributed by atoms with E-state index in [9.17, 15) is 14.9 Å². The first kappa shape index (κ1) is 24.9. The molecule has 1 aliphatic heterocycles. The first-order valence-corrected chi connectivity index (χ1v) is 11.6. The van der Waals surface area contributed by atoms with Crippen LogP contribution < -0.4 is 14.4 Å². The number of ether oxygens (including phenoxy) is 2. The molecule has 2 aromatic carbocycles. The number of methoxy groups -OCH3 is 2. The average Bonchev–Trinajstić information content (AvgIpc) is 2.89. The van der Waals surface area contributed by atoms with Gasteiger partial charge in [0.25, 0.3) is 11.6 Å². The number of carbonyl (C=O) groups excluding carboxylic acids is 1. The van der Waals surface area contributed by atoms with Crippen LogP contribution in [-0.4, -0.2) is 66.1 Å². The lowest BCUT2D eigenvalue weighted by atomic mass is 10.0. The first-order chi connectivity index (χ1) is 17.3. The minimum Gasteiger partial charge on any atom is -0.497 e. The molecule has 3 aromatic rings. The molecule has 0 saturated carbocycles. The van der Waals surface area contributed by atoms with Gasteiger partial charge in [-0.1, -0.05) is 12.1 Å². The summed E-state index contributed by atoms with van der Waals surface area (Å²) in [5.41, 5.74) is 3.38. The molecule has 2 heterocycles. The van der Waals surface area contributed by atoms with E-state index in [1.54, 1.807) is 44.6 Å². The number of hydrogen-bond acceptors (Lipinski definition) is 8. The molecule has 0 radical (unpaired) electrons. The van der Waals surface area contributed by atoms with Crippen molar-refractivity contribution in [1.29, 1.82) is 0 Å². The molecule has 0 aliphatic carbocycles. The van der Waals surface area contributed by atoms with Gasteiger partial charge in [-0.25, -0.2) is 9.97 Å². The summed E-state index contributed by atoms with van der Waals surface area (Å²) in [4.78, 5) is 37.1. The van der Waals surface area contributed by atoms with Gasteiger partial charge in [0.05, 0.1) is 19.1 Å². The molecule has 1 fully saturated rings. The summed E-state index contributed by atoms with van der Waals surface area (Å²) >= 11 is 0. The Bertz CT molecular complexity index is 1250. The van der Waals surface area contributed by atoms with E-state index >= 15 is 0 Å². The quantitative estimate of drug-likeness (QED) is 0.364. The SMILES string of the molecule is COc1cc(OC)cc(C(=O)N2CCN(c3nc(C)nc(C)c3Cc3ccc([N+](=O)[O-])cc3)CC2)c1. The van der Waals surface area contributed by atoms with E-state index < -0.39 is 4.92 Å². The zero-order valence-electron chi connectivity index (χ0n) is 20.9. The summed E-state index contributed by atoms with van der Waals surface area (Å²) in [5.74, 6) is 2.58. The van der Waals surface area contributed by atoms with Crippen LogP contribution in [0.25, 0.3) is 0 Å². The molecule has 188 valence electrons. The number of nitro benzene ring substituents is 1. The van der Waals surface area contributed by atoms with Gasteiger partial charge in [-0.05, 0) is 31.5 Å². The second kappa shape index (κ2) is 10.6. The Morgan fingerprint density at radius 2 is 1.58 bits per heavy atom. The van der Waals surface area contributed by atoms with Gasteiger partial charge in [0, 0.05) is 67.6 Å². The maximum absolute atomic E-state index is 13.2. The molecule has 1 saturated heterocycles. The molecule has 0 bridgehead atoms. The second-order valence-electron chi connectivity index (χ2n) is 8.64. The maximum atomic E-state index is 13.2. The topological polar surface area (TPSA) is 111 Å². The molecule has 0 atom stereocenters. The summed E-state index contributed by atoms with van der Waals surface area (Å²) in [6.07, 6.45) is 0.558. The number of non-ortho nitro benzene ring substituents is 1. The molecule has 10 nitrogen and oxygen atoms in total. The number of hydrogen-bond donors (Lipinski definition) is 0. The highest BCUT2D eigenvalue weighted by molar-refractivity contribution is 5.95. The predicted octanol–water partition coefficient (Wildman–Crippen LogP) is 3.57. The van der Waals surface area contributed by atoms with Crippen LogP contribution >= 0.6 is 0 Å². The van der Waals surface area contributed by atoms with Crippen LogP contribution in [0.5, 0.6) is 11.5 Å². The number of benzene rings is 2. The average molecular weight is 492 g/mol. The van der Waals surface area contributed by atoms with E-state index in [2.05, 4.69) is 9.88 Å².